The average Bonchev–Trinajstić information content (AvgIpc) is 3.07. The van der Waals surface area contributed by atoms with Crippen molar-refractivity contribution in [1.29, 1.82) is 0 Å². The molecule has 0 bridgehead atoms. The summed E-state index contributed by atoms with van der Waals surface area (Å²) in [7, 11) is 0. The summed E-state index contributed by atoms with van der Waals surface area (Å²) in [5.41, 5.74) is -1.53. The van der Waals surface area contributed by atoms with E-state index >= 15 is 0 Å². The third-order valence-corrected chi connectivity index (χ3v) is 3.68. The highest BCUT2D eigenvalue weighted by Gasteiger charge is 2.35. The highest BCUT2D eigenvalue weighted by atomic mass is 19.4. The molecule has 0 spiro atoms. The van der Waals surface area contributed by atoms with Crippen molar-refractivity contribution < 1.29 is 22.7 Å². The molecule has 1 N–H and O–H groups in total. The van der Waals surface area contributed by atoms with E-state index in [0.29, 0.717) is 10.8 Å². The summed E-state index contributed by atoms with van der Waals surface area (Å²) >= 11 is 0. The van der Waals surface area contributed by atoms with Gasteiger partial charge in [0.15, 0.2) is 0 Å². The lowest BCUT2D eigenvalue weighted by atomic mass is 10.2. The van der Waals surface area contributed by atoms with Crippen LogP contribution < -0.4 is 5.56 Å². The number of aromatic nitrogens is 4. The van der Waals surface area contributed by atoms with Gasteiger partial charge >= 0.3 is 12.1 Å². The highest BCUT2D eigenvalue weighted by Crippen LogP contribution is 2.30. The number of carbonyl (C=O) groups excluding carboxylic acids is 1. The van der Waals surface area contributed by atoms with E-state index in [0.717, 1.165) is 10.9 Å². The van der Waals surface area contributed by atoms with E-state index in [9.17, 15) is 22.8 Å². The fourth-order valence-corrected chi connectivity index (χ4v) is 2.43. The van der Waals surface area contributed by atoms with E-state index in [1.54, 1.807) is 24.3 Å². The fraction of sp³-hybridized carbons (Fsp3) is 0.250. The van der Waals surface area contributed by atoms with Gasteiger partial charge in [-0.2, -0.15) is 23.4 Å². The van der Waals surface area contributed by atoms with Gasteiger partial charge in [0, 0.05) is 17.4 Å². The second-order valence-corrected chi connectivity index (χ2v) is 5.43. The number of alkyl halides is 3. The van der Waals surface area contributed by atoms with Crippen LogP contribution in [0.2, 0.25) is 0 Å². The molecule has 0 amide bonds. The van der Waals surface area contributed by atoms with Gasteiger partial charge < -0.3 is 4.74 Å². The van der Waals surface area contributed by atoms with Crippen LogP contribution in [0.4, 0.5) is 13.2 Å². The summed E-state index contributed by atoms with van der Waals surface area (Å²) in [5, 5.41) is 10.2. The van der Waals surface area contributed by atoms with Crippen molar-refractivity contribution in [2.45, 2.75) is 19.1 Å². The predicted octanol–water partition coefficient (Wildman–Crippen LogP) is 1.92. The van der Waals surface area contributed by atoms with Crippen LogP contribution in [0.1, 0.15) is 11.3 Å². The van der Waals surface area contributed by atoms with E-state index in [1.807, 2.05) is 5.10 Å². The number of esters is 1. The number of hydrogen-bond donors (Lipinski definition) is 1. The Hall–Kier alpha value is -3.17. The molecule has 0 radical (unpaired) electrons. The van der Waals surface area contributed by atoms with Gasteiger partial charge in [0.25, 0.3) is 5.56 Å². The number of nitrogens with one attached hydrogen (secondary N) is 1. The van der Waals surface area contributed by atoms with E-state index < -0.39 is 29.9 Å². The second kappa shape index (κ2) is 6.98. The van der Waals surface area contributed by atoms with Crippen LogP contribution in [-0.4, -0.2) is 32.6 Å². The minimum Gasteiger partial charge on any atom is -0.464 e. The maximum Gasteiger partial charge on any atom is 0.433 e. The molecular formula is C16H13F3N4O3. The summed E-state index contributed by atoms with van der Waals surface area (Å²) in [6, 6.07) is 6.77. The Balaban J connectivity index is 1.61. The molecule has 7 nitrogen and oxygen atoms in total. The molecule has 3 rings (SSSR count). The molecular weight excluding hydrogens is 353 g/mol. The van der Waals surface area contributed by atoms with Gasteiger partial charge in [0.1, 0.15) is 12.2 Å². The van der Waals surface area contributed by atoms with E-state index in [-0.39, 0.29) is 18.6 Å². The van der Waals surface area contributed by atoms with Crippen molar-refractivity contribution >= 4 is 16.7 Å². The normalized spacial score (nSPS) is 11.7. The van der Waals surface area contributed by atoms with Gasteiger partial charge in [-0.05, 0) is 6.07 Å². The molecule has 26 heavy (non-hydrogen) atoms. The minimum absolute atomic E-state index is 0.105. The van der Waals surface area contributed by atoms with E-state index in [1.165, 1.54) is 6.20 Å². The first-order chi connectivity index (χ1) is 12.4. The lowest BCUT2D eigenvalue weighted by Gasteiger charge is -2.08. The number of H-pyrrole nitrogens is 1. The second-order valence-electron chi connectivity index (χ2n) is 5.43. The van der Waals surface area contributed by atoms with Gasteiger partial charge in [-0.1, -0.05) is 18.2 Å². The number of carbonyl (C=O) groups is 1. The summed E-state index contributed by atoms with van der Waals surface area (Å²) in [6.07, 6.45) is -2.23. The smallest absolute Gasteiger partial charge is 0.433 e. The minimum atomic E-state index is -4.56. The standard InChI is InChI=1S/C16H13F3N4O3/c17-16(18,19)14-11(7-20-22-14)5-6-26-13(24)9-23-15(25)12-4-2-1-3-10(12)8-21-23/h1-4,7-8H,5-6,9H2,(H,20,22). The molecule has 2 heterocycles. The van der Waals surface area contributed by atoms with Gasteiger partial charge in [0.05, 0.1) is 24.4 Å². The molecule has 0 aliphatic heterocycles. The third-order valence-electron chi connectivity index (χ3n) is 3.68. The van der Waals surface area contributed by atoms with Crippen molar-refractivity contribution in [1.82, 2.24) is 20.0 Å². The molecule has 136 valence electrons. The zero-order valence-electron chi connectivity index (χ0n) is 13.3. The summed E-state index contributed by atoms with van der Waals surface area (Å²) in [6.45, 7) is -0.703. The number of hydrogen-bond acceptors (Lipinski definition) is 5. The van der Waals surface area contributed by atoms with Crippen molar-refractivity contribution in [3.63, 3.8) is 0 Å². The Morgan fingerprint density at radius 3 is 2.77 bits per heavy atom. The largest absolute Gasteiger partial charge is 0.464 e. The Bertz CT molecular complexity index is 994. The molecule has 0 saturated heterocycles. The fourth-order valence-electron chi connectivity index (χ4n) is 2.43. The maximum absolute atomic E-state index is 12.7. The van der Waals surface area contributed by atoms with Crippen LogP contribution in [0.3, 0.4) is 0 Å². The monoisotopic (exact) mass is 366 g/mol. The Morgan fingerprint density at radius 2 is 2.00 bits per heavy atom. The SMILES string of the molecule is O=C(Cn1ncc2ccccc2c1=O)OCCc1cn[nH]c1C(F)(F)F. The van der Waals surface area contributed by atoms with E-state index in [2.05, 4.69) is 10.2 Å². The Morgan fingerprint density at radius 1 is 1.23 bits per heavy atom. The molecule has 0 atom stereocenters. The maximum atomic E-state index is 12.7. The van der Waals surface area contributed by atoms with Gasteiger partial charge in [0.2, 0.25) is 0 Å². The van der Waals surface area contributed by atoms with Crippen LogP contribution in [-0.2, 0) is 28.7 Å². The molecule has 0 unspecified atom stereocenters. The van der Waals surface area contributed by atoms with Crippen molar-refractivity contribution in [3.8, 4) is 0 Å². The molecule has 3 aromatic rings. The number of fused-ring (bicyclic) bond motifs is 1. The van der Waals surface area contributed by atoms with Gasteiger partial charge in [-0.15, -0.1) is 0 Å². The molecule has 2 aromatic heterocycles. The van der Waals surface area contributed by atoms with Gasteiger partial charge in [-0.3, -0.25) is 14.7 Å². The summed E-state index contributed by atoms with van der Waals surface area (Å²) in [5.74, 6) is -0.771. The topological polar surface area (TPSA) is 89.9 Å². The zero-order chi connectivity index (χ0) is 18.7. The van der Waals surface area contributed by atoms with E-state index in [4.69, 9.17) is 4.74 Å². The van der Waals surface area contributed by atoms with Gasteiger partial charge in [-0.25, -0.2) is 4.68 Å². The predicted molar refractivity (Wildman–Crippen MR) is 84.3 cm³/mol. The first kappa shape index (κ1) is 17.6. The molecule has 0 fully saturated rings. The zero-order valence-corrected chi connectivity index (χ0v) is 13.3. The van der Waals surface area contributed by atoms with Crippen LogP contribution >= 0.6 is 0 Å². The van der Waals surface area contributed by atoms with Crippen molar-refractivity contribution in [2.24, 2.45) is 0 Å². The quantitative estimate of drug-likeness (QED) is 0.697. The number of aromatic amines is 1. The molecule has 0 saturated carbocycles. The Kier molecular flexibility index (Phi) is 4.74. The number of halogens is 3. The molecule has 0 aliphatic carbocycles. The third kappa shape index (κ3) is 3.73. The van der Waals surface area contributed by atoms with Crippen LogP contribution in [0.5, 0.6) is 0 Å². The highest BCUT2D eigenvalue weighted by molar-refractivity contribution is 5.80. The number of benzene rings is 1. The van der Waals surface area contributed by atoms with Crippen LogP contribution in [0.15, 0.2) is 41.5 Å². The lowest BCUT2D eigenvalue weighted by molar-refractivity contribution is -0.144. The van der Waals surface area contributed by atoms with Crippen LogP contribution in [0, 0.1) is 0 Å². The van der Waals surface area contributed by atoms with Crippen molar-refractivity contribution in [2.75, 3.05) is 6.61 Å². The summed E-state index contributed by atoms with van der Waals surface area (Å²) < 4.78 is 44.0. The average molecular weight is 366 g/mol. The Labute approximate surface area is 144 Å². The first-order valence-electron chi connectivity index (χ1n) is 7.56. The summed E-state index contributed by atoms with van der Waals surface area (Å²) in [4.78, 5) is 24.1. The van der Waals surface area contributed by atoms with Crippen LogP contribution in [0.25, 0.3) is 10.8 Å². The van der Waals surface area contributed by atoms with Crippen molar-refractivity contribution in [3.05, 3.63) is 58.3 Å². The number of rotatable bonds is 5. The molecule has 1 aromatic carbocycles. The molecule has 10 heteroatoms. The lowest BCUT2D eigenvalue weighted by Crippen LogP contribution is -2.27. The first-order valence-corrected chi connectivity index (χ1v) is 7.56. The number of nitrogens with zero attached hydrogens (tertiary/aromatic N) is 3. The number of ether oxygens (including phenoxy) is 1. The molecule has 0 aliphatic rings.